The number of carboxylic acids is 1. The summed E-state index contributed by atoms with van der Waals surface area (Å²) in [4.78, 5) is 11.7. The van der Waals surface area contributed by atoms with Crippen LogP contribution in [0.15, 0.2) is 108 Å². The number of fused-ring (bicyclic) bond motifs is 1. The van der Waals surface area contributed by atoms with Gasteiger partial charge in [-0.25, -0.2) is 18.0 Å². The van der Waals surface area contributed by atoms with Crippen LogP contribution < -0.4 is 0 Å². The molecule has 1 unspecified atom stereocenters. The van der Waals surface area contributed by atoms with Crippen LogP contribution in [0.4, 0.5) is 13.2 Å². The molecule has 1 N–H and O–H groups in total. The third kappa shape index (κ3) is 5.71. The Bertz CT molecular complexity index is 2260. The minimum Gasteiger partial charge on any atom is -0.587 e. The molecule has 0 fully saturated rings. The molecule has 230 valence electrons. The summed E-state index contributed by atoms with van der Waals surface area (Å²) in [5.74, 6) is -1.77. The van der Waals surface area contributed by atoms with Gasteiger partial charge in [0.2, 0.25) is 0 Å². The number of carboxylic acid groups (broad SMARTS) is 1. The molecule has 0 aliphatic rings. The monoisotopic (exact) mass is 665 g/mol. The van der Waals surface area contributed by atoms with E-state index >= 15 is 0 Å². The van der Waals surface area contributed by atoms with Gasteiger partial charge in [-0.3, -0.25) is 0 Å². The Hall–Kier alpha value is -5.52. The number of aromatic carboxylic acids is 1. The van der Waals surface area contributed by atoms with Gasteiger partial charge in [0.15, 0.2) is 4.90 Å². The fraction of sp³-hybridized carbons (Fsp3) is 0.0278. The van der Waals surface area contributed by atoms with Gasteiger partial charge in [-0.1, -0.05) is 41.9 Å². The lowest BCUT2D eigenvalue weighted by atomic mass is 9.90. The summed E-state index contributed by atoms with van der Waals surface area (Å²) in [6, 6.07) is 28.7. The van der Waals surface area contributed by atoms with Gasteiger partial charge >= 0.3 is 5.97 Å². The van der Waals surface area contributed by atoms with E-state index in [4.69, 9.17) is 11.6 Å². The quantitative estimate of drug-likeness (QED) is 0.171. The number of aromatic nitrogens is 1. The predicted octanol–water partition coefficient (Wildman–Crippen LogP) is 9.38. The highest BCUT2D eigenvalue weighted by Crippen LogP contribution is 2.46. The first kappa shape index (κ1) is 31.5. The van der Waals surface area contributed by atoms with E-state index in [1.54, 1.807) is 36.4 Å². The molecule has 47 heavy (non-hydrogen) atoms. The molecule has 1 atom stereocenters. The van der Waals surface area contributed by atoms with Crippen molar-refractivity contribution in [2.75, 3.05) is 0 Å². The van der Waals surface area contributed by atoms with Gasteiger partial charge < -0.3 is 9.66 Å². The molecule has 0 saturated heterocycles. The Morgan fingerprint density at radius 3 is 2.13 bits per heavy atom. The molecular formula is C36H19ClF3N3O3S. The van der Waals surface area contributed by atoms with E-state index in [0.29, 0.717) is 22.2 Å². The molecule has 1 heterocycles. The van der Waals surface area contributed by atoms with Crippen LogP contribution >= 0.6 is 11.6 Å². The summed E-state index contributed by atoms with van der Waals surface area (Å²) < 4.78 is 57.6. The Morgan fingerprint density at radius 1 is 0.851 bits per heavy atom. The van der Waals surface area contributed by atoms with Crippen LogP contribution in [-0.4, -0.2) is 19.6 Å². The fourth-order valence-corrected chi connectivity index (χ4v) is 7.05. The molecule has 0 amide bonds. The predicted molar refractivity (Wildman–Crippen MR) is 173 cm³/mol. The lowest BCUT2D eigenvalue weighted by Crippen LogP contribution is -2.14. The van der Waals surface area contributed by atoms with Crippen LogP contribution in [0.3, 0.4) is 0 Å². The Labute approximate surface area is 274 Å². The van der Waals surface area contributed by atoms with E-state index in [1.807, 2.05) is 0 Å². The highest BCUT2D eigenvalue weighted by atomic mass is 35.5. The van der Waals surface area contributed by atoms with Gasteiger partial charge in [-0.15, -0.1) is 0 Å². The highest BCUT2D eigenvalue weighted by Gasteiger charge is 2.31. The molecule has 6 nitrogen and oxygen atoms in total. The van der Waals surface area contributed by atoms with E-state index in [9.17, 15) is 38.1 Å². The third-order valence-electron chi connectivity index (χ3n) is 7.60. The summed E-state index contributed by atoms with van der Waals surface area (Å²) >= 11 is 4.40. The normalized spacial score (nSPS) is 11.7. The number of rotatable bonds is 7. The van der Waals surface area contributed by atoms with Crippen LogP contribution in [0.2, 0.25) is 5.02 Å². The average molecular weight is 666 g/mol. The number of hydrogen-bond acceptors (Lipinski definition) is 4. The molecule has 0 saturated carbocycles. The zero-order valence-corrected chi connectivity index (χ0v) is 25.5. The number of alkyl halides is 2. The maximum absolute atomic E-state index is 15.0. The van der Waals surface area contributed by atoms with E-state index < -0.39 is 29.6 Å². The second kappa shape index (κ2) is 12.7. The maximum Gasteiger partial charge on any atom is 0.335 e. The number of hydrogen-bond donors (Lipinski definition) is 1. The third-order valence-corrected chi connectivity index (χ3v) is 9.30. The topological polar surface area (TPSA) is 113 Å². The van der Waals surface area contributed by atoms with Crippen LogP contribution in [0.5, 0.6) is 0 Å². The molecule has 0 aliphatic carbocycles. The number of carbonyl (C=O) groups is 1. The molecule has 0 radical (unpaired) electrons. The summed E-state index contributed by atoms with van der Waals surface area (Å²) in [7, 11) is 0. The number of nitriles is 2. The van der Waals surface area contributed by atoms with Crippen molar-refractivity contribution in [3.8, 4) is 45.6 Å². The van der Waals surface area contributed by atoms with Gasteiger partial charge in [-0.05, 0) is 78.4 Å². The number of nitrogens with zero attached hydrogens (tertiary/aromatic N) is 3. The zero-order valence-electron chi connectivity index (χ0n) is 23.9. The van der Waals surface area contributed by atoms with E-state index in [0.717, 1.165) is 0 Å². The molecule has 0 spiro atoms. The van der Waals surface area contributed by atoms with Crippen molar-refractivity contribution in [1.82, 2.24) is 3.97 Å². The van der Waals surface area contributed by atoms with Gasteiger partial charge in [0.25, 0.3) is 6.43 Å². The Morgan fingerprint density at radius 2 is 1.51 bits per heavy atom. The smallest absolute Gasteiger partial charge is 0.335 e. The average Bonchev–Trinajstić information content (AvgIpc) is 3.41. The second-order valence-electron chi connectivity index (χ2n) is 10.3. The molecule has 0 aliphatic heterocycles. The summed E-state index contributed by atoms with van der Waals surface area (Å²) in [5.41, 5.74) is 2.44. The Kier molecular flexibility index (Phi) is 8.50. The molecular weight excluding hydrogens is 647 g/mol. The Balaban J connectivity index is 1.71. The van der Waals surface area contributed by atoms with Crippen LogP contribution in [0, 0.1) is 28.5 Å². The first-order valence-electron chi connectivity index (χ1n) is 13.8. The van der Waals surface area contributed by atoms with E-state index in [2.05, 4.69) is 12.1 Å². The highest BCUT2D eigenvalue weighted by molar-refractivity contribution is 7.90. The molecule has 0 bridgehead atoms. The van der Waals surface area contributed by atoms with E-state index in [1.165, 1.54) is 70.7 Å². The largest absolute Gasteiger partial charge is 0.587 e. The standard InChI is InChI=1S/C36H19ClF3N3O3S/c37-30-16-23(36(44)45)9-13-28(30)21-3-1-4-22(15-21)34-33(32-24(18-41)5-2-6-25(32)19-42)29-17-26(38)10-14-31(29)43(34)47(46)27-11-7-20(8-12-27)35(39)40/h1-17,35H,(H,44,45). The number of benzene rings is 5. The number of halogens is 4. The van der Waals surface area contributed by atoms with Gasteiger partial charge in [0.05, 0.1) is 34.3 Å². The van der Waals surface area contributed by atoms with Gasteiger partial charge in [0, 0.05) is 38.2 Å². The van der Waals surface area contributed by atoms with E-state index in [-0.39, 0.29) is 54.4 Å². The SMILES string of the molecule is N#Cc1cccc(C#N)c1-c1c(-c2cccc(-c3ccc(C(=O)O)cc3Cl)c2)n([S+]([O-])c2ccc(C(F)F)cc2)c2ccc(F)cc12. The van der Waals surface area contributed by atoms with Gasteiger partial charge in [0.1, 0.15) is 22.9 Å². The minimum absolute atomic E-state index is 0.00950. The maximum atomic E-state index is 15.0. The molecule has 1 aromatic heterocycles. The minimum atomic E-state index is -2.74. The molecule has 6 aromatic rings. The molecule has 11 heteroatoms. The lowest BCUT2D eigenvalue weighted by Gasteiger charge is -2.17. The summed E-state index contributed by atoms with van der Waals surface area (Å²) in [6.45, 7) is 0. The fourth-order valence-electron chi connectivity index (χ4n) is 5.48. The van der Waals surface area contributed by atoms with Crippen molar-refractivity contribution in [2.45, 2.75) is 11.3 Å². The van der Waals surface area contributed by atoms with Crippen LogP contribution in [0.1, 0.15) is 33.5 Å². The lowest BCUT2D eigenvalue weighted by molar-refractivity contribution is 0.0697. The van der Waals surface area contributed by atoms with Crippen molar-refractivity contribution in [1.29, 1.82) is 10.5 Å². The molecule has 5 aromatic carbocycles. The van der Waals surface area contributed by atoms with Gasteiger partial charge in [-0.2, -0.15) is 14.5 Å². The summed E-state index contributed by atoms with van der Waals surface area (Å²) in [6.07, 6.45) is -2.74. The second-order valence-corrected chi connectivity index (χ2v) is 12.1. The molecule has 6 rings (SSSR count). The van der Waals surface area contributed by atoms with Crippen molar-refractivity contribution < 1.29 is 27.6 Å². The van der Waals surface area contributed by atoms with Crippen molar-refractivity contribution in [2.24, 2.45) is 0 Å². The first-order valence-corrected chi connectivity index (χ1v) is 15.3. The van der Waals surface area contributed by atoms with Crippen molar-refractivity contribution in [3.63, 3.8) is 0 Å². The first-order chi connectivity index (χ1) is 22.6. The zero-order chi connectivity index (χ0) is 33.4. The van der Waals surface area contributed by atoms with Crippen molar-refractivity contribution in [3.05, 3.63) is 136 Å². The van der Waals surface area contributed by atoms with Crippen LogP contribution in [-0.2, 0) is 11.4 Å². The summed E-state index contributed by atoms with van der Waals surface area (Å²) in [5, 5.41) is 30.1. The van der Waals surface area contributed by atoms with Crippen molar-refractivity contribution >= 4 is 39.8 Å². The van der Waals surface area contributed by atoms with Crippen LogP contribution in [0.25, 0.3) is 44.4 Å².